The Labute approximate surface area is 198 Å². The monoisotopic (exact) mass is 444 g/mol. The molecule has 1 heterocycles. The summed E-state index contributed by atoms with van der Waals surface area (Å²) in [5, 5.41) is 12.4. The van der Waals surface area contributed by atoms with E-state index >= 15 is 0 Å². The number of aryl methyl sites for hydroxylation is 2. The predicted molar refractivity (Wildman–Crippen MR) is 140 cm³/mol. The molecule has 0 saturated heterocycles. The second-order valence-corrected chi connectivity index (χ2v) is 8.36. The number of pyridine rings is 1. The summed E-state index contributed by atoms with van der Waals surface area (Å²) < 4.78 is 1.36. The maximum atomic E-state index is 13.3. The molecule has 166 valence electrons. The van der Waals surface area contributed by atoms with Crippen molar-refractivity contribution in [3.63, 3.8) is 0 Å². The van der Waals surface area contributed by atoms with Crippen molar-refractivity contribution in [1.82, 2.24) is 4.57 Å². The van der Waals surface area contributed by atoms with Crippen molar-refractivity contribution in [1.29, 1.82) is 0 Å². The molecule has 5 rings (SSSR count). The molecule has 5 aromatic rings. The second-order valence-electron chi connectivity index (χ2n) is 8.36. The lowest BCUT2D eigenvalue weighted by Crippen LogP contribution is -2.20. The van der Waals surface area contributed by atoms with Crippen molar-refractivity contribution in [2.24, 2.45) is 4.99 Å². The van der Waals surface area contributed by atoms with Crippen LogP contribution in [0.25, 0.3) is 27.6 Å². The van der Waals surface area contributed by atoms with E-state index in [1.54, 1.807) is 12.3 Å². The van der Waals surface area contributed by atoms with Gasteiger partial charge in [-0.05, 0) is 66.4 Å². The minimum absolute atomic E-state index is 0.128. The summed E-state index contributed by atoms with van der Waals surface area (Å²) in [7, 11) is 0. The van der Waals surface area contributed by atoms with Crippen LogP contribution in [0.1, 0.15) is 16.7 Å². The third-order valence-electron chi connectivity index (χ3n) is 6.17. The van der Waals surface area contributed by atoms with Crippen molar-refractivity contribution in [2.75, 3.05) is 0 Å². The van der Waals surface area contributed by atoms with Gasteiger partial charge in [0.25, 0.3) is 5.56 Å². The Morgan fingerprint density at radius 2 is 1.38 bits per heavy atom. The van der Waals surface area contributed by atoms with Crippen molar-refractivity contribution < 1.29 is 5.11 Å². The van der Waals surface area contributed by atoms with Gasteiger partial charge in [-0.2, -0.15) is 0 Å². The van der Waals surface area contributed by atoms with E-state index in [0.717, 1.165) is 27.9 Å². The van der Waals surface area contributed by atoms with Crippen LogP contribution in [0, 0.1) is 13.8 Å². The Hall–Kier alpha value is -4.44. The Balaban J connectivity index is 1.61. The minimum Gasteiger partial charge on any atom is -0.494 e. The first-order chi connectivity index (χ1) is 16.5. The van der Waals surface area contributed by atoms with Gasteiger partial charge in [0.05, 0.1) is 16.9 Å². The molecule has 0 unspecified atom stereocenters. The average Bonchev–Trinajstić information content (AvgIpc) is 2.87. The summed E-state index contributed by atoms with van der Waals surface area (Å²) in [5.41, 5.74) is 6.04. The van der Waals surface area contributed by atoms with Crippen LogP contribution in [0.15, 0.2) is 107 Å². The van der Waals surface area contributed by atoms with Gasteiger partial charge in [0.2, 0.25) is 5.88 Å². The molecule has 0 saturated carbocycles. The van der Waals surface area contributed by atoms with E-state index < -0.39 is 0 Å². The van der Waals surface area contributed by atoms with Crippen LogP contribution in [-0.2, 0) is 0 Å². The zero-order valence-corrected chi connectivity index (χ0v) is 19.1. The SMILES string of the molecule is Cc1ccc(-n2c(O)c(C=Nc3ccc(-c4ccccc4)cc3)c3ccccc3c2=O)cc1C. The third kappa shape index (κ3) is 3.90. The molecule has 0 bridgehead atoms. The van der Waals surface area contributed by atoms with E-state index in [0.29, 0.717) is 22.0 Å². The van der Waals surface area contributed by atoms with Gasteiger partial charge in [-0.25, -0.2) is 4.57 Å². The summed E-state index contributed by atoms with van der Waals surface area (Å²) in [5.74, 6) is -0.128. The van der Waals surface area contributed by atoms with Crippen LogP contribution < -0.4 is 5.56 Å². The summed E-state index contributed by atoms with van der Waals surface area (Å²) in [6, 6.07) is 31.1. The van der Waals surface area contributed by atoms with Gasteiger partial charge >= 0.3 is 0 Å². The lowest BCUT2D eigenvalue weighted by Gasteiger charge is -2.14. The minimum atomic E-state index is -0.263. The first kappa shape index (κ1) is 21.4. The summed E-state index contributed by atoms with van der Waals surface area (Å²) in [6.07, 6.45) is 1.63. The van der Waals surface area contributed by atoms with E-state index in [4.69, 9.17) is 0 Å². The zero-order valence-electron chi connectivity index (χ0n) is 19.1. The van der Waals surface area contributed by atoms with Crippen molar-refractivity contribution in [2.45, 2.75) is 13.8 Å². The number of fused-ring (bicyclic) bond motifs is 1. The highest BCUT2D eigenvalue weighted by atomic mass is 16.3. The second kappa shape index (κ2) is 8.83. The fourth-order valence-corrected chi connectivity index (χ4v) is 4.10. The van der Waals surface area contributed by atoms with Crippen molar-refractivity contribution in [3.05, 3.63) is 124 Å². The molecular weight excluding hydrogens is 420 g/mol. The van der Waals surface area contributed by atoms with Crippen LogP contribution in [0.5, 0.6) is 5.88 Å². The lowest BCUT2D eigenvalue weighted by molar-refractivity contribution is 0.436. The van der Waals surface area contributed by atoms with Gasteiger partial charge < -0.3 is 5.11 Å². The fourth-order valence-electron chi connectivity index (χ4n) is 4.10. The Morgan fingerprint density at radius 1 is 0.735 bits per heavy atom. The van der Waals surface area contributed by atoms with E-state index in [1.165, 1.54) is 4.57 Å². The number of benzene rings is 4. The third-order valence-corrected chi connectivity index (χ3v) is 6.17. The molecule has 4 heteroatoms. The van der Waals surface area contributed by atoms with Gasteiger partial charge in [-0.1, -0.05) is 66.7 Å². The first-order valence-corrected chi connectivity index (χ1v) is 11.2. The zero-order chi connectivity index (χ0) is 23.7. The maximum Gasteiger partial charge on any atom is 0.265 e. The highest BCUT2D eigenvalue weighted by Crippen LogP contribution is 2.28. The van der Waals surface area contributed by atoms with E-state index in [-0.39, 0.29) is 11.4 Å². The number of hydrogen-bond donors (Lipinski definition) is 1. The molecule has 4 nitrogen and oxygen atoms in total. The highest BCUT2D eigenvalue weighted by Gasteiger charge is 2.16. The lowest BCUT2D eigenvalue weighted by atomic mass is 10.1. The molecule has 0 fully saturated rings. The Morgan fingerprint density at radius 3 is 2.09 bits per heavy atom. The Kier molecular flexibility index (Phi) is 5.56. The number of aromatic hydroxyl groups is 1. The molecule has 34 heavy (non-hydrogen) atoms. The van der Waals surface area contributed by atoms with Gasteiger partial charge in [-0.15, -0.1) is 0 Å². The number of aliphatic imine (C=N–C) groups is 1. The summed E-state index contributed by atoms with van der Waals surface area (Å²) >= 11 is 0. The fraction of sp³-hybridized carbons (Fsp3) is 0.0667. The highest BCUT2D eigenvalue weighted by molar-refractivity contribution is 6.02. The van der Waals surface area contributed by atoms with E-state index in [2.05, 4.69) is 17.1 Å². The van der Waals surface area contributed by atoms with Gasteiger partial charge in [-0.3, -0.25) is 9.79 Å². The van der Waals surface area contributed by atoms with Gasteiger partial charge in [0.15, 0.2) is 0 Å². The normalized spacial score (nSPS) is 11.4. The predicted octanol–water partition coefficient (Wildman–Crippen LogP) is 6.73. The van der Waals surface area contributed by atoms with Crippen molar-refractivity contribution in [3.8, 4) is 22.7 Å². The standard InChI is InChI=1S/C30H24N2O2/c1-20-12-17-25(18-21(20)2)32-29(33)27-11-7-6-10-26(27)28(30(32)34)19-31-24-15-13-23(14-16-24)22-8-4-3-5-9-22/h3-19,34H,1-2H3. The quantitative estimate of drug-likeness (QED) is 0.312. The molecule has 0 radical (unpaired) electrons. The van der Waals surface area contributed by atoms with Crippen molar-refractivity contribution >= 4 is 22.7 Å². The summed E-state index contributed by atoms with van der Waals surface area (Å²) in [4.78, 5) is 17.9. The first-order valence-electron chi connectivity index (χ1n) is 11.2. The Bertz CT molecular complexity index is 1580. The van der Waals surface area contributed by atoms with Gasteiger partial charge in [0.1, 0.15) is 0 Å². The molecule has 0 atom stereocenters. The summed E-state index contributed by atoms with van der Waals surface area (Å²) in [6.45, 7) is 4.01. The van der Waals surface area contributed by atoms with E-state index in [1.807, 2.05) is 92.7 Å². The molecule has 0 aliphatic carbocycles. The van der Waals surface area contributed by atoms with E-state index in [9.17, 15) is 9.90 Å². The molecular formula is C30H24N2O2. The molecule has 0 spiro atoms. The number of hydrogen-bond acceptors (Lipinski definition) is 3. The number of rotatable bonds is 4. The molecule has 1 N–H and O–H groups in total. The van der Waals surface area contributed by atoms with Crippen LogP contribution in [0.4, 0.5) is 5.69 Å². The van der Waals surface area contributed by atoms with Gasteiger partial charge in [0, 0.05) is 17.0 Å². The van der Waals surface area contributed by atoms with Crippen LogP contribution in [0.2, 0.25) is 0 Å². The number of nitrogens with zero attached hydrogens (tertiary/aromatic N) is 2. The van der Waals surface area contributed by atoms with Crippen LogP contribution in [-0.4, -0.2) is 15.9 Å². The molecule has 0 amide bonds. The molecule has 0 aliphatic rings. The molecule has 4 aromatic carbocycles. The topological polar surface area (TPSA) is 54.6 Å². The molecule has 1 aromatic heterocycles. The average molecular weight is 445 g/mol. The maximum absolute atomic E-state index is 13.3. The van der Waals surface area contributed by atoms with Crippen LogP contribution in [0.3, 0.4) is 0 Å². The molecule has 0 aliphatic heterocycles. The number of aromatic nitrogens is 1. The van der Waals surface area contributed by atoms with Crippen LogP contribution >= 0.6 is 0 Å². The smallest absolute Gasteiger partial charge is 0.265 e. The largest absolute Gasteiger partial charge is 0.494 e.